The van der Waals surface area contributed by atoms with Crippen LogP contribution in [0.15, 0.2) is 53.6 Å². The van der Waals surface area contributed by atoms with E-state index in [0.29, 0.717) is 5.69 Å². The topological polar surface area (TPSA) is 82.9 Å². The number of benzene rings is 2. The molecule has 6 nitrogen and oxygen atoms in total. The van der Waals surface area contributed by atoms with E-state index in [2.05, 4.69) is 5.10 Å². The molecule has 0 bridgehead atoms. The molecule has 0 unspecified atom stereocenters. The molecule has 19 heavy (non-hydrogen) atoms. The molecular weight excluding hydrogens is 244 g/mol. The van der Waals surface area contributed by atoms with Gasteiger partial charge in [0, 0.05) is 5.39 Å². The van der Waals surface area contributed by atoms with Gasteiger partial charge in [-0.1, -0.05) is 36.4 Å². The van der Waals surface area contributed by atoms with Crippen LogP contribution >= 0.6 is 0 Å². The summed E-state index contributed by atoms with van der Waals surface area (Å²) in [4.78, 5) is 23.1. The highest BCUT2D eigenvalue weighted by atomic mass is 16.2. The predicted molar refractivity (Wildman–Crippen MR) is 70.3 cm³/mol. The second-order valence-electron chi connectivity index (χ2n) is 4.03. The summed E-state index contributed by atoms with van der Waals surface area (Å²) < 4.78 is 1.93. The highest BCUT2D eigenvalue weighted by Gasteiger charge is 2.12. The van der Waals surface area contributed by atoms with E-state index < -0.39 is 11.7 Å². The van der Waals surface area contributed by atoms with Gasteiger partial charge in [-0.15, -0.1) is 0 Å². The van der Waals surface area contributed by atoms with Gasteiger partial charge in [-0.3, -0.25) is 0 Å². The zero-order valence-electron chi connectivity index (χ0n) is 9.85. The maximum absolute atomic E-state index is 12.0. The summed E-state index contributed by atoms with van der Waals surface area (Å²) in [5.74, 6) is 0. The van der Waals surface area contributed by atoms with E-state index in [0.717, 1.165) is 26.3 Å². The average Bonchev–Trinajstić information content (AvgIpc) is 2.80. The first-order chi connectivity index (χ1) is 9.18. The van der Waals surface area contributed by atoms with Crippen molar-refractivity contribution in [3.8, 4) is 5.69 Å². The lowest BCUT2D eigenvalue weighted by molar-refractivity contribution is 0.249. The highest BCUT2D eigenvalue weighted by Crippen LogP contribution is 2.20. The Morgan fingerprint density at radius 3 is 2.58 bits per heavy atom. The summed E-state index contributed by atoms with van der Waals surface area (Å²) in [6.45, 7) is 0. The minimum absolute atomic E-state index is 0.580. The zero-order chi connectivity index (χ0) is 13.4. The van der Waals surface area contributed by atoms with E-state index in [9.17, 15) is 9.59 Å². The molecule has 1 heterocycles. The van der Waals surface area contributed by atoms with Crippen LogP contribution in [-0.2, 0) is 0 Å². The summed E-state index contributed by atoms with van der Waals surface area (Å²) >= 11 is 0. The van der Waals surface area contributed by atoms with Crippen LogP contribution in [0.1, 0.15) is 0 Å². The number of fused-ring (bicyclic) bond motifs is 1. The van der Waals surface area contributed by atoms with Crippen molar-refractivity contribution in [2.45, 2.75) is 0 Å². The third-order valence-electron chi connectivity index (χ3n) is 2.90. The van der Waals surface area contributed by atoms with Crippen LogP contribution in [0.3, 0.4) is 0 Å². The van der Waals surface area contributed by atoms with Crippen molar-refractivity contribution in [1.29, 1.82) is 0 Å². The Morgan fingerprint density at radius 1 is 1.11 bits per heavy atom. The van der Waals surface area contributed by atoms with Gasteiger partial charge in [0.05, 0.1) is 5.69 Å². The average molecular weight is 254 g/mol. The lowest BCUT2D eigenvalue weighted by Gasteiger charge is -2.04. The number of nitrogens with two attached hydrogens (primary N) is 1. The lowest BCUT2D eigenvalue weighted by Crippen LogP contribution is -2.32. The van der Waals surface area contributed by atoms with Gasteiger partial charge in [-0.25, -0.2) is 9.59 Å². The van der Waals surface area contributed by atoms with E-state index in [4.69, 9.17) is 5.73 Å². The second-order valence-corrected chi connectivity index (χ2v) is 4.03. The summed E-state index contributed by atoms with van der Waals surface area (Å²) in [5, 5.41) is 5.79. The van der Waals surface area contributed by atoms with Crippen LogP contribution in [-0.4, -0.2) is 20.4 Å². The number of nitrogens with zero attached hydrogens (tertiary/aromatic N) is 3. The number of rotatable bonds is 1. The van der Waals surface area contributed by atoms with Gasteiger partial charge in [0.15, 0.2) is 0 Å². The van der Waals surface area contributed by atoms with Crippen LogP contribution in [0, 0.1) is 0 Å². The van der Waals surface area contributed by atoms with Gasteiger partial charge in [0.1, 0.15) is 6.33 Å². The fourth-order valence-electron chi connectivity index (χ4n) is 2.01. The molecule has 3 aromatic rings. The number of hydrogen-bond acceptors (Lipinski definition) is 3. The monoisotopic (exact) mass is 254 g/mol. The largest absolute Gasteiger partial charge is 0.358 e. The van der Waals surface area contributed by atoms with Crippen molar-refractivity contribution in [2.75, 3.05) is 0 Å². The van der Waals surface area contributed by atoms with Crippen LogP contribution in [0.25, 0.3) is 16.5 Å². The van der Waals surface area contributed by atoms with Crippen molar-refractivity contribution in [3.05, 3.63) is 59.3 Å². The zero-order valence-corrected chi connectivity index (χ0v) is 9.85. The number of hydrogen-bond donors (Lipinski definition) is 1. The predicted octanol–water partition coefficient (Wildman–Crippen LogP) is 1.11. The van der Waals surface area contributed by atoms with E-state index in [1.165, 1.54) is 0 Å². The Morgan fingerprint density at radius 2 is 1.84 bits per heavy atom. The Kier molecular flexibility index (Phi) is 2.42. The summed E-state index contributed by atoms with van der Waals surface area (Å²) in [6, 6.07) is 12.3. The van der Waals surface area contributed by atoms with Crippen LogP contribution in [0.4, 0.5) is 4.79 Å². The van der Waals surface area contributed by atoms with Crippen molar-refractivity contribution < 1.29 is 4.79 Å². The SMILES string of the molecule is NC(=O)n1cnn(-c2cccc3ccccc23)c1=O. The molecule has 2 N–H and O–H groups in total. The highest BCUT2D eigenvalue weighted by molar-refractivity contribution is 5.90. The molecule has 0 aliphatic heterocycles. The van der Waals surface area contributed by atoms with Crippen molar-refractivity contribution in [2.24, 2.45) is 5.73 Å². The quantitative estimate of drug-likeness (QED) is 0.706. The van der Waals surface area contributed by atoms with Crippen LogP contribution in [0.5, 0.6) is 0 Å². The maximum Gasteiger partial charge on any atom is 0.358 e. The minimum atomic E-state index is -0.850. The van der Waals surface area contributed by atoms with Gasteiger partial charge in [-0.05, 0) is 11.5 Å². The molecule has 2 aromatic carbocycles. The second kappa shape index (κ2) is 4.09. The van der Waals surface area contributed by atoms with Crippen molar-refractivity contribution in [3.63, 3.8) is 0 Å². The first-order valence-corrected chi connectivity index (χ1v) is 5.63. The van der Waals surface area contributed by atoms with Gasteiger partial charge in [-0.2, -0.15) is 14.3 Å². The number of carbonyl (C=O) groups excluding carboxylic acids is 1. The molecule has 0 aliphatic rings. The molecule has 3 rings (SSSR count). The van der Waals surface area contributed by atoms with Crippen molar-refractivity contribution in [1.82, 2.24) is 14.3 Å². The molecule has 0 spiro atoms. The van der Waals surface area contributed by atoms with Gasteiger partial charge >= 0.3 is 11.7 Å². The fourth-order valence-corrected chi connectivity index (χ4v) is 2.01. The Balaban J connectivity index is 2.31. The molecule has 1 aromatic heterocycles. The molecule has 0 saturated heterocycles. The molecule has 0 fully saturated rings. The van der Waals surface area contributed by atoms with Crippen molar-refractivity contribution >= 4 is 16.8 Å². The van der Waals surface area contributed by atoms with Gasteiger partial charge < -0.3 is 5.73 Å². The van der Waals surface area contributed by atoms with Crippen LogP contribution in [0.2, 0.25) is 0 Å². The van der Waals surface area contributed by atoms with Gasteiger partial charge in [0.25, 0.3) is 0 Å². The summed E-state index contributed by atoms with van der Waals surface area (Å²) in [7, 11) is 0. The van der Waals surface area contributed by atoms with Crippen LogP contribution < -0.4 is 11.4 Å². The minimum Gasteiger partial charge on any atom is -0.351 e. The molecule has 1 amide bonds. The maximum atomic E-state index is 12.0. The fraction of sp³-hybridized carbons (Fsp3) is 0. The summed E-state index contributed by atoms with van der Waals surface area (Å²) in [6.07, 6.45) is 1.12. The molecule has 0 saturated carbocycles. The molecule has 0 aliphatic carbocycles. The smallest absolute Gasteiger partial charge is 0.351 e. The number of amides is 1. The number of carbonyl (C=O) groups is 1. The normalized spacial score (nSPS) is 10.7. The van der Waals surface area contributed by atoms with Gasteiger partial charge in [0.2, 0.25) is 0 Å². The molecule has 0 atom stereocenters. The first-order valence-electron chi connectivity index (χ1n) is 5.63. The Hall–Kier alpha value is -2.89. The van der Waals surface area contributed by atoms with E-state index >= 15 is 0 Å². The third-order valence-corrected chi connectivity index (χ3v) is 2.90. The third kappa shape index (κ3) is 1.70. The number of aromatic nitrogens is 3. The standard InChI is InChI=1S/C13H10N4O2/c14-12(18)16-8-15-17(13(16)19)11-7-3-5-9-4-1-2-6-10(9)11/h1-8H,(H2,14,18). The van der Waals surface area contributed by atoms with E-state index in [1.807, 2.05) is 36.4 Å². The molecule has 6 heteroatoms. The Labute approximate surface area is 107 Å². The molecule has 0 radical (unpaired) electrons. The summed E-state index contributed by atoms with van der Waals surface area (Å²) in [5.41, 5.74) is 5.12. The molecule has 94 valence electrons. The van der Waals surface area contributed by atoms with E-state index in [-0.39, 0.29) is 0 Å². The lowest BCUT2D eigenvalue weighted by atomic mass is 10.1. The molecular formula is C13H10N4O2. The number of primary amides is 1. The van der Waals surface area contributed by atoms with E-state index in [1.54, 1.807) is 6.07 Å². The Bertz CT molecular complexity index is 827. The first kappa shape index (κ1) is 11.2.